The second kappa shape index (κ2) is 5.60. The molecule has 1 unspecified atom stereocenters. The number of carbonyl (C=O) groups is 1. The van der Waals surface area contributed by atoms with Crippen LogP contribution in [0.15, 0.2) is 0 Å². The number of hydrogen-bond acceptors (Lipinski definition) is 3. The molecule has 0 aliphatic heterocycles. The van der Waals surface area contributed by atoms with Crippen molar-refractivity contribution in [3.63, 3.8) is 0 Å². The Balaban J connectivity index is 4.06. The van der Waals surface area contributed by atoms with Gasteiger partial charge in [-0.25, -0.2) is 0 Å². The Labute approximate surface area is 88.4 Å². The van der Waals surface area contributed by atoms with E-state index in [-0.39, 0.29) is 12.0 Å². The zero-order chi connectivity index (χ0) is 10.5. The van der Waals surface area contributed by atoms with Gasteiger partial charge in [0.15, 0.2) is 0 Å². The van der Waals surface area contributed by atoms with Gasteiger partial charge in [-0.2, -0.15) is 0 Å². The Bertz CT molecular complexity index is 165. The zero-order valence-electron chi connectivity index (χ0n) is 8.69. The molecule has 0 aromatic heterocycles. The molecular weight excluding hydrogens is 234 g/mol. The first kappa shape index (κ1) is 12.9. The summed E-state index contributed by atoms with van der Waals surface area (Å²) in [7, 11) is 0. The minimum atomic E-state index is -0.410. The van der Waals surface area contributed by atoms with Crippen LogP contribution in [0.5, 0.6) is 0 Å². The van der Waals surface area contributed by atoms with Gasteiger partial charge in [0.05, 0.1) is 0 Å². The molecule has 1 N–H and O–H groups in total. The van der Waals surface area contributed by atoms with Crippen LogP contribution in [0.2, 0.25) is 0 Å². The van der Waals surface area contributed by atoms with Crippen molar-refractivity contribution in [1.82, 2.24) is 5.32 Å². The maximum Gasteiger partial charge on any atom is 0.324 e. The number of rotatable bonds is 4. The number of likely N-dealkylation sites (N-methyl/N-ethyl adjacent to an activating group) is 1. The Morgan fingerprint density at radius 2 is 2.08 bits per heavy atom. The van der Waals surface area contributed by atoms with Crippen LogP contribution in [0.25, 0.3) is 0 Å². The van der Waals surface area contributed by atoms with E-state index in [4.69, 9.17) is 4.74 Å². The highest BCUT2D eigenvalue weighted by atomic mass is 79.9. The van der Waals surface area contributed by atoms with Crippen molar-refractivity contribution in [2.24, 2.45) is 0 Å². The molecule has 0 aliphatic rings. The fraction of sp³-hybridized carbons (Fsp3) is 0.889. The van der Waals surface area contributed by atoms with Gasteiger partial charge < -0.3 is 10.1 Å². The molecule has 13 heavy (non-hydrogen) atoms. The largest absolute Gasteiger partial charge is 0.459 e. The highest BCUT2D eigenvalue weighted by Crippen LogP contribution is 2.09. The predicted octanol–water partition coefficient (Wildman–Crippen LogP) is 1.70. The van der Waals surface area contributed by atoms with Crippen molar-refractivity contribution in [1.29, 1.82) is 0 Å². The summed E-state index contributed by atoms with van der Waals surface area (Å²) >= 11 is 3.26. The quantitative estimate of drug-likeness (QED) is 0.611. The fourth-order valence-corrected chi connectivity index (χ4v) is 1.31. The molecule has 4 heteroatoms. The van der Waals surface area contributed by atoms with Crippen LogP contribution >= 0.6 is 15.9 Å². The predicted molar refractivity (Wildman–Crippen MR) is 57.1 cm³/mol. The molecular formula is C9H18BrNO2. The number of hydrogen-bond donors (Lipinski definition) is 1. The van der Waals surface area contributed by atoms with E-state index >= 15 is 0 Å². The summed E-state index contributed by atoms with van der Waals surface area (Å²) in [4.78, 5) is 11.5. The molecule has 0 heterocycles. The van der Waals surface area contributed by atoms with Gasteiger partial charge in [0.25, 0.3) is 0 Å². The Morgan fingerprint density at radius 1 is 1.54 bits per heavy atom. The summed E-state index contributed by atoms with van der Waals surface area (Å²) < 4.78 is 5.21. The van der Waals surface area contributed by atoms with Crippen LogP contribution in [0.3, 0.4) is 0 Å². The first-order valence-electron chi connectivity index (χ1n) is 4.43. The molecule has 0 amide bonds. The van der Waals surface area contributed by atoms with Crippen molar-refractivity contribution >= 4 is 21.9 Å². The molecule has 0 bridgehead atoms. The standard InChI is InChI=1S/C9H18BrNO2/c1-5-11-7(6-10)8(12)13-9(2,3)4/h7,11H,5-6H2,1-4H3. The molecule has 0 fully saturated rings. The average Bonchev–Trinajstić information content (AvgIpc) is 1.96. The van der Waals surface area contributed by atoms with Gasteiger partial charge >= 0.3 is 5.97 Å². The molecule has 0 aromatic carbocycles. The molecule has 3 nitrogen and oxygen atoms in total. The lowest BCUT2D eigenvalue weighted by molar-refractivity contribution is -0.156. The van der Waals surface area contributed by atoms with Gasteiger partial charge in [0, 0.05) is 5.33 Å². The van der Waals surface area contributed by atoms with Gasteiger partial charge in [-0.3, -0.25) is 4.79 Å². The van der Waals surface area contributed by atoms with E-state index in [2.05, 4.69) is 21.2 Å². The van der Waals surface area contributed by atoms with Crippen molar-refractivity contribution in [3.8, 4) is 0 Å². The second-order valence-corrected chi connectivity index (χ2v) is 4.45. The Kier molecular flexibility index (Phi) is 5.56. The lowest BCUT2D eigenvalue weighted by Gasteiger charge is -2.23. The maximum absolute atomic E-state index is 11.5. The minimum absolute atomic E-state index is 0.203. The van der Waals surface area contributed by atoms with Gasteiger partial charge in [-0.05, 0) is 27.3 Å². The molecule has 0 saturated heterocycles. The first-order chi connectivity index (χ1) is 5.90. The monoisotopic (exact) mass is 251 g/mol. The van der Waals surface area contributed by atoms with Crippen molar-refractivity contribution in [2.45, 2.75) is 39.3 Å². The van der Waals surface area contributed by atoms with E-state index < -0.39 is 5.60 Å². The summed E-state index contributed by atoms with van der Waals surface area (Å²) in [5.41, 5.74) is -0.410. The van der Waals surface area contributed by atoms with Gasteiger partial charge in [-0.15, -0.1) is 0 Å². The summed E-state index contributed by atoms with van der Waals surface area (Å²) in [5, 5.41) is 3.61. The molecule has 78 valence electrons. The fourth-order valence-electron chi connectivity index (χ4n) is 0.820. The van der Waals surface area contributed by atoms with E-state index in [1.807, 2.05) is 27.7 Å². The molecule has 1 atom stereocenters. The highest BCUT2D eigenvalue weighted by molar-refractivity contribution is 9.09. The number of ether oxygens (including phenoxy) is 1. The number of esters is 1. The Hall–Kier alpha value is -0.0900. The van der Waals surface area contributed by atoms with Crippen LogP contribution in [0.4, 0.5) is 0 Å². The second-order valence-electron chi connectivity index (χ2n) is 3.80. The number of alkyl halides is 1. The topological polar surface area (TPSA) is 38.3 Å². The third kappa shape index (κ3) is 6.05. The first-order valence-corrected chi connectivity index (χ1v) is 5.55. The van der Waals surface area contributed by atoms with E-state index in [1.165, 1.54) is 0 Å². The van der Waals surface area contributed by atoms with Crippen LogP contribution in [0, 0.1) is 0 Å². The van der Waals surface area contributed by atoms with Crippen LogP contribution in [0.1, 0.15) is 27.7 Å². The van der Waals surface area contributed by atoms with Gasteiger partial charge in [0.2, 0.25) is 0 Å². The summed E-state index contributed by atoms with van der Waals surface area (Å²) in [6.07, 6.45) is 0. The van der Waals surface area contributed by atoms with Crippen molar-refractivity contribution in [2.75, 3.05) is 11.9 Å². The third-order valence-corrected chi connectivity index (χ3v) is 1.94. The SMILES string of the molecule is CCNC(CBr)C(=O)OC(C)(C)C. The third-order valence-electron chi connectivity index (χ3n) is 1.30. The van der Waals surface area contributed by atoms with Crippen molar-refractivity contribution in [3.05, 3.63) is 0 Å². The summed E-state index contributed by atoms with van der Waals surface area (Å²) in [6, 6.07) is -0.246. The van der Waals surface area contributed by atoms with E-state index in [9.17, 15) is 4.79 Å². The molecule has 0 saturated carbocycles. The molecule has 0 aromatic rings. The van der Waals surface area contributed by atoms with Crippen molar-refractivity contribution < 1.29 is 9.53 Å². The molecule has 0 spiro atoms. The van der Waals surface area contributed by atoms with E-state index in [1.54, 1.807) is 0 Å². The highest BCUT2D eigenvalue weighted by Gasteiger charge is 2.23. The maximum atomic E-state index is 11.5. The van der Waals surface area contributed by atoms with E-state index in [0.717, 1.165) is 6.54 Å². The van der Waals surface area contributed by atoms with Gasteiger partial charge in [-0.1, -0.05) is 22.9 Å². The summed E-state index contributed by atoms with van der Waals surface area (Å²) in [5.74, 6) is -0.203. The summed E-state index contributed by atoms with van der Waals surface area (Å²) in [6.45, 7) is 8.31. The average molecular weight is 252 g/mol. The lowest BCUT2D eigenvalue weighted by Crippen LogP contribution is -2.42. The normalized spacial score (nSPS) is 13.9. The van der Waals surface area contributed by atoms with Crippen LogP contribution in [-0.4, -0.2) is 29.5 Å². The van der Waals surface area contributed by atoms with Gasteiger partial charge in [0.1, 0.15) is 11.6 Å². The number of carbonyl (C=O) groups excluding carboxylic acids is 1. The Morgan fingerprint density at radius 3 is 2.38 bits per heavy atom. The molecule has 0 radical (unpaired) electrons. The lowest BCUT2D eigenvalue weighted by atomic mass is 10.2. The van der Waals surface area contributed by atoms with Crippen LogP contribution in [-0.2, 0) is 9.53 Å². The smallest absolute Gasteiger partial charge is 0.324 e. The van der Waals surface area contributed by atoms with Crippen LogP contribution < -0.4 is 5.32 Å². The van der Waals surface area contributed by atoms with E-state index in [0.29, 0.717) is 5.33 Å². The zero-order valence-corrected chi connectivity index (χ0v) is 10.3. The minimum Gasteiger partial charge on any atom is -0.459 e. The molecule has 0 rings (SSSR count). The molecule has 0 aliphatic carbocycles. The number of halogens is 1. The number of nitrogens with one attached hydrogen (secondary N) is 1.